The Morgan fingerprint density at radius 2 is 1.86 bits per heavy atom. The fraction of sp³-hybridized carbons (Fsp3) is 0.524. The molecule has 3 rings (SSSR count). The van der Waals surface area contributed by atoms with Crippen LogP contribution in [0.5, 0.6) is 23.4 Å². The highest BCUT2D eigenvalue weighted by Crippen LogP contribution is 2.38. The van der Waals surface area contributed by atoms with Gasteiger partial charge >= 0.3 is 6.01 Å². The number of piperidine rings is 1. The van der Waals surface area contributed by atoms with E-state index in [1.54, 1.807) is 12.3 Å². The summed E-state index contributed by atoms with van der Waals surface area (Å²) in [4.78, 5) is 10.8. The number of phenolic OH excluding ortho intramolecular Hbond substituents is 1. The average Bonchev–Trinajstić information content (AvgIpc) is 2.72. The lowest BCUT2D eigenvalue weighted by molar-refractivity contribution is -0.0303. The molecule has 158 valence electrons. The maximum atomic E-state index is 11.3. The SMILES string of the molecule is CCOc1ncc(C2(O)CCN(Cc3ccc(O)c(OC)c3)CC2)c(OCC)n1. The van der Waals surface area contributed by atoms with Crippen LogP contribution in [0, 0.1) is 0 Å². The monoisotopic (exact) mass is 403 g/mol. The quantitative estimate of drug-likeness (QED) is 0.694. The van der Waals surface area contributed by atoms with Gasteiger partial charge in [0.05, 0.1) is 31.5 Å². The van der Waals surface area contributed by atoms with Gasteiger partial charge in [0.2, 0.25) is 5.88 Å². The number of rotatable bonds is 8. The van der Waals surface area contributed by atoms with E-state index >= 15 is 0 Å². The van der Waals surface area contributed by atoms with Crippen LogP contribution in [-0.2, 0) is 12.1 Å². The lowest BCUT2D eigenvalue weighted by atomic mass is 9.85. The topological polar surface area (TPSA) is 97.2 Å². The molecular weight excluding hydrogens is 374 g/mol. The number of hydrogen-bond donors (Lipinski definition) is 2. The molecule has 0 amide bonds. The van der Waals surface area contributed by atoms with Crippen molar-refractivity contribution in [2.24, 2.45) is 0 Å². The zero-order valence-corrected chi connectivity index (χ0v) is 17.2. The number of benzene rings is 1. The Morgan fingerprint density at radius 3 is 2.52 bits per heavy atom. The van der Waals surface area contributed by atoms with E-state index in [0.717, 1.165) is 5.56 Å². The van der Waals surface area contributed by atoms with Crippen LogP contribution in [0.15, 0.2) is 24.4 Å². The molecule has 0 spiro atoms. The number of ether oxygens (including phenoxy) is 3. The Hall–Kier alpha value is -2.58. The number of nitrogens with zero attached hydrogens (tertiary/aromatic N) is 3. The molecule has 1 aromatic carbocycles. The standard InChI is InChI=1S/C21H29N3O5/c1-4-28-19-16(13-22-20(23-19)29-5-2)21(26)8-10-24(11-9-21)14-15-6-7-17(25)18(12-15)27-3/h6-7,12-13,25-26H,4-5,8-11,14H2,1-3H3. The first-order chi connectivity index (χ1) is 14.0. The molecule has 1 aromatic heterocycles. The molecule has 1 aliphatic heterocycles. The summed E-state index contributed by atoms with van der Waals surface area (Å²) >= 11 is 0. The lowest BCUT2D eigenvalue weighted by Gasteiger charge is -2.38. The summed E-state index contributed by atoms with van der Waals surface area (Å²) in [6.07, 6.45) is 2.70. The van der Waals surface area contributed by atoms with Crippen molar-refractivity contribution in [2.75, 3.05) is 33.4 Å². The van der Waals surface area contributed by atoms with Crippen LogP contribution in [0.2, 0.25) is 0 Å². The first-order valence-electron chi connectivity index (χ1n) is 9.92. The first kappa shape index (κ1) is 21.1. The van der Waals surface area contributed by atoms with Crippen LogP contribution in [-0.4, -0.2) is 58.5 Å². The predicted molar refractivity (Wildman–Crippen MR) is 107 cm³/mol. The van der Waals surface area contributed by atoms with Crippen molar-refractivity contribution in [3.05, 3.63) is 35.5 Å². The van der Waals surface area contributed by atoms with Crippen molar-refractivity contribution in [2.45, 2.75) is 38.8 Å². The minimum Gasteiger partial charge on any atom is -0.504 e. The van der Waals surface area contributed by atoms with E-state index in [4.69, 9.17) is 14.2 Å². The molecule has 29 heavy (non-hydrogen) atoms. The lowest BCUT2D eigenvalue weighted by Crippen LogP contribution is -2.42. The third-order valence-corrected chi connectivity index (χ3v) is 5.12. The van der Waals surface area contributed by atoms with Crippen molar-refractivity contribution in [3.63, 3.8) is 0 Å². The Kier molecular flexibility index (Phi) is 6.76. The minimum absolute atomic E-state index is 0.128. The maximum Gasteiger partial charge on any atom is 0.319 e. The second kappa shape index (κ2) is 9.28. The molecule has 8 heteroatoms. The number of hydrogen-bond acceptors (Lipinski definition) is 8. The van der Waals surface area contributed by atoms with Crippen molar-refractivity contribution < 1.29 is 24.4 Å². The number of methoxy groups -OCH3 is 1. The Morgan fingerprint density at radius 1 is 1.14 bits per heavy atom. The average molecular weight is 403 g/mol. The summed E-state index contributed by atoms with van der Waals surface area (Å²) in [5, 5.41) is 21.0. The summed E-state index contributed by atoms with van der Waals surface area (Å²) < 4.78 is 16.2. The van der Waals surface area contributed by atoms with E-state index in [1.807, 2.05) is 26.0 Å². The number of aromatic nitrogens is 2. The molecule has 1 fully saturated rings. The van der Waals surface area contributed by atoms with Crippen LogP contribution in [0.3, 0.4) is 0 Å². The molecule has 8 nitrogen and oxygen atoms in total. The highest BCUT2D eigenvalue weighted by molar-refractivity contribution is 5.41. The smallest absolute Gasteiger partial charge is 0.319 e. The molecule has 0 atom stereocenters. The minimum atomic E-state index is -1.04. The van der Waals surface area contributed by atoms with E-state index in [0.29, 0.717) is 62.9 Å². The molecule has 0 radical (unpaired) electrons. The summed E-state index contributed by atoms with van der Waals surface area (Å²) in [6.45, 7) is 6.78. The zero-order chi connectivity index (χ0) is 20.9. The second-order valence-corrected chi connectivity index (χ2v) is 7.05. The summed E-state index contributed by atoms with van der Waals surface area (Å²) in [7, 11) is 1.54. The van der Waals surface area contributed by atoms with E-state index in [2.05, 4.69) is 14.9 Å². The molecule has 2 heterocycles. The van der Waals surface area contributed by atoms with Crippen molar-refractivity contribution in [1.29, 1.82) is 0 Å². The zero-order valence-electron chi connectivity index (χ0n) is 17.2. The third-order valence-electron chi connectivity index (χ3n) is 5.12. The highest BCUT2D eigenvalue weighted by atomic mass is 16.5. The van der Waals surface area contributed by atoms with Gasteiger partial charge in [0.25, 0.3) is 0 Å². The summed E-state index contributed by atoms with van der Waals surface area (Å²) in [6, 6.07) is 5.61. The fourth-order valence-corrected chi connectivity index (χ4v) is 3.54. The molecule has 0 saturated carbocycles. The van der Waals surface area contributed by atoms with Crippen molar-refractivity contribution in [1.82, 2.24) is 14.9 Å². The van der Waals surface area contributed by atoms with E-state index in [-0.39, 0.29) is 11.8 Å². The number of likely N-dealkylation sites (tertiary alicyclic amines) is 1. The third kappa shape index (κ3) is 4.89. The normalized spacial score (nSPS) is 16.4. The van der Waals surface area contributed by atoms with Crippen molar-refractivity contribution in [3.8, 4) is 23.4 Å². The number of aromatic hydroxyl groups is 1. The van der Waals surface area contributed by atoms with Gasteiger partial charge in [-0.05, 0) is 44.4 Å². The molecule has 0 unspecified atom stereocenters. The molecule has 2 aromatic rings. The molecule has 0 bridgehead atoms. The number of phenols is 1. The van der Waals surface area contributed by atoms with Crippen LogP contribution < -0.4 is 14.2 Å². The predicted octanol–water partition coefficient (Wildman–Crippen LogP) is 2.47. The summed E-state index contributed by atoms with van der Waals surface area (Å²) in [5.74, 6) is 0.970. The van der Waals surface area contributed by atoms with Gasteiger partial charge in [-0.3, -0.25) is 4.90 Å². The van der Waals surface area contributed by atoms with Crippen LogP contribution in [0.4, 0.5) is 0 Å². The van der Waals surface area contributed by atoms with Crippen LogP contribution in [0.1, 0.15) is 37.8 Å². The van der Waals surface area contributed by atoms with Gasteiger partial charge in [-0.1, -0.05) is 6.07 Å². The first-order valence-corrected chi connectivity index (χ1v) is 9.92. The summed E-state index contributed by atoms with van der Waals surface area (Å²) in [5.41, 5.74) is 0.608. The maximum absolute atomic E-state index is 11.3. The number of aliphatic hydroxyl groups is 1. The van der Waals surface area contributed by atoms with Gasteiger partial charge in [0, 0.05) is 25.8 Å². The Balaban J connectivity index is 1.70. The molecule has 2 N–H and O–H groups in total. The van der Waals surface area contributed by atoms with E-state index in [1.165, 1.54) is 7.11 Å². The Labute approximate surface area is 171 Å². The molecule has 1 aliphatic rings. The fourth-order valence-electron chi connectivity index (χ4n) is 3.54. The van der Waals surface area contributed by atoms with Crippen LogP contribution in [0.25, 0.3) is 0 Å². The molecule has 1 saturated heterocycles. The van der Waals surface area contributed by atoms with Gasteiger partial charge in [0.15, 0.2) is 11.5 Å². The van der Waals surface area contributed by atoms with Crippen LogP contribution >= 0.6 is 0 Å². The molecule has 0 aliphatic carbocycles. The van der Waals surface area contributed by atoms with Gasteiger partial charge in [-0.25, -0.2) is 4.98 Å². The highest BCUT2D eigenvalue weighted by Gasteiger charge is 2.37. The van der Waals surface area contributed by atoms with E-state index < -0.39 is 5.60 Å². The Bertz CT molecular complexity index is 822. The van der Waals surface area contributed by atoms with Gasteiger partial charge in [0.1, 0.15) is 0 Å². The largest absolute Gasteiger partial charge is 0.504 e. The van der Waals surface area contributed by atoms with Gasteiger partial charge in [-0.15, -0.1) is 0 Å². The van der Waals surface area contributed by atoms with E-state index in [9.17, 15) is 10.2 Å². The molecular formula is C21H29N3O5. The second-order valence-electron chi connectivity index (χ2n) is 7.05. The van der Waals surface area contributed by atoms with Crippen molar-refractivity contribution >= 4 is 0 Å². The van der Waals surface area contributed by atoms with Gasteiger partial charge in [-0.2, -0.15) is 4.98 Å². The van der Waals surface area contributed by atoms with Gasteiger partial charge < -0.3 is 24.4 Å².